The summed E-state index contributed by atoms with van der Waals surface area (Å²) in [7, 11) is 0. The summed E-state index contributed by atoms with van der Waals surface area (Å²) in [6.45, 7) is 10.1. The summed E-state index contributed by atoms with van der Waals surface area (Å²) >= 11 is 0. The lowest BCUT2D eigenvalue weighted by Crippen LogP contribution is -2.54. The van der Waals surface area contributed by atoms with E-state index < -0.39 is 0 Å². The second-order valence-corrected chi connectivity index (χ2v) is 9.94. The van der Waals surface area contributed by atoms with Gasteiger partial charge in [-0.2, -0.15) is 0 Å². The Labute approximate surface area is 174 Å². The number of para-hydroxylation sites is 2. The first kappa shape index (κ1) is 19.3. The summed E-state index contributed by atoms with van der Waals surface area (Å²) in [4.78, 5) is 14.8. The third-order valence-corrected chi connectivity index (χ3v) is 7.47. The molecule has 29 heavy (non-hydrogen) atoms. The Morgan fingerprint density at radius 2 is 1.86 bits per heavy atom. The molecular weight excluding hydrogens is 360 g/mol. The van der Waals surface area contributed by atoms with Gasteiger partial charge in [0, 0.05) is 31.8 Å². The highest BCUT2D eigenvalue weighted by atomic mass is 16.5. The monoisotopic (exact) mass is 394 g/mol. The topological polar surface area (TPSA) is 41.5 Å². The molecule has 0 bridgehead atoms. The van der Waals surface area contributed by atoms with Crippen LogP contribution in [0.2, 0.25) is 0 Å². The SMILES string of the molecule is CC1(C)CC(CN2CCCC23CCN(c2cnc4ccccc4n2)CC3)CCO1. The summed E-state index contributed by atoms with van der Waals surface area (Å²) in [5.41, 5.74) is 2.43. The molecule has 3 aliphatic rings. The van der Waals surface area contributed by atoms with Gasteiger partial charge in [0.05, 0.1) is 22.8 Å². The minimum Gasteiger partial charge on any atom is -0.376 e. The molecule has 1 aromatic heterocycles. The summed E-state index contributed by atoms with van der Waals surface area (Å²) in [5, 5.41) is 0. The van der Waals surface area contributed by atoms with E-state index in [0.29, 0.717) is 5.54 Å². The van der Waals surface area contributed by atoms with Crippen molar-refractivity contribution >= 4 is 16.9 Å². The largest absolute Gasteiger partial charge is 0.376 e. The molecule has 4 heterocycles. The molecule has 1 unspecified atom stereocenters. The molecule has 5 rings (SSSR count). The zero-order valence-corrected chi connectivity index (χ0v) is 17.9. The number of benzene rings is 1. The minimum absolute atomic E-state index is 0.0495. The molecule has 1 spiro atoms. The van der Waals surface area contributed by atoms with Crippen molar-refractivity contribution in [3.8, 4) is 0 Å². The first-order chi connectivity index (χ1) is 14.0. The van der Waals surface area contributed by atoms with E-state index in [1.807, 2.05) is 24.4 Å². The molecule has 156 valence electrons. The Balaban J connectivity index is 1.25. The molecule has 0 N–H and O–H groups in total. The molecule has 2 aromatic rings. The normalized spacial score (nSPS) is 27.0. The lowest BCUT2D eigenvalue weighted by atomic mass is 9.82. The summed E-state index contributed by atoms with van der Waals surface area (Å²) in [6, 6.07) is 8.16. The van der Waals surface area contributed by atoms with Gasteiger partial charge in [-0.15, -0.1) is 0 Å². The Bertz CT molecular complexity index is 859. The van der Waals surface area contributed by atoms with E-state index in [-0.39, 0.29) is 5.60 Å². The van der Waals surface area contributed by atoms with E-state index in [2.05, 4.69) is 34.7 Å². The van der Waals surface area contributed by atoms with Gasteiger partial charge in [-0.3, -0.25) is 9.88 Å². The van der Waals surface area contributed by atoms with Crippen molar-refractivity contribution in [3.63, 3.8) is 0 Å². The van der Waals surface area contributed by atoms with Gasteiger partial charge in [-0.25, -0.2) is 4.98 Å². The number of hydrogen-bond acceptors (Lipinski definition) is 5. The van der Waals surface area contributed by atoms with Crippen molar-refractivity contribution in [1.29, 1.82) is 0 Å². The van der Waals surface area contributed by atoms with Crippen molar-refractivity contribution < 1.29 is 4.74 Å². The Hall–Kier alpha value is -1.72. The molecule has 1 aromatic carbocycles. The molecule has 5 heteroatoms. The number of fused-ring (bicyclic) bond motifs is 1. The van der Waals surface area contributed by atoms with Gasteiger partial charge in [-0.05, 0) is 77.0 Å². The van der Waals surface area contributed by atoms with E-state index in [1.54, 1.807) is 0 Å². The standard InChI is InChI=1S/C24H34N4O/c1-23(2)16-19(8-15-29-23)18-28-12-5-9-24(28)10-13-27(14-11-24)22-17-25-20-6-3-4-7-21(20)26-22/h3-4,6-7,17,19H,5,8-16,18H2,1-2H3. The molecule has 5 nitrogen and oxygen atoms in total. The van der Waals surface area contributed by atoms with Gasteiger partial charge in [-0.1, -0.05) is 12.1 Å². The van der Waals surface area contributed by atoms with Crippen molar-refractivity contribution in [2.75, 3.05) is 37.7 Å². The number of hydrogen-bond donors (Lipinski definition) is 0. The van der Waals surface area contributed by atoms with Gasteiger partial charge in [0.25, 0.3) is 0 Å². The maximum absolute atomic E-state index is 5.95. The first-order valence-corrected chi connectivity index (χ1v) is 11.4. The lowest BCUT2D eigenvalue weighted by molar-refractivity contribution is -0.0806. The molecule has 3 aliphatic heterocycles. The van der Waals surface area contributed by atoms with Crippen molar-refractivity contribution in [3.05, 3.63) is 30.5 Å². The zero-order valence-electron chi connectivity index (χ0n) is 17.9. The molecule has 0 amide bonds. The van der Waals surface area contributed by atoms with Crippen LogP contribution in [0.15, 0.2) is 30.5 Å². The van der Waals surface area contributed by atoms with E-state index in [1.165, 1.54) is 51.6 Å². The highest BCUT2D eigenvalue weighted by Crippen LogP contribution is 2.41. The molecule has 3 fully saturated rings. The quantitative estimate of drug-likeness (QED) is 0.778. The predicted molar refractivity (Wildman–Crippen MR) is 117 cm³/mol. The van der Waals surface area contributed by atoms with Gasteiger partial charge < -0.3 is 9.64 Å². The van der Waals surface area contributed by atoms with Crippen LogP contribution in [0.5, 0.6) is 0 Å². The molecule has 0 saturated carbocycles. The first-order valence-electron chi connectivity index (χ1n) is 11.4. The Kier molecular flexibility index (Phi) is 4.99. The Morgan fingerprint density at radius 1 is 1.07 bits per heavy atom. The van der Waals surface area contributed by atoms with Crippen LogP contribution in [-0.2, 0) is 4.74 Å². The number of anilines is 1. The van der Waals surface area contributed by atoms with Crippen LogP contribution in [0.3, 0.4) is 0 Å². The minimum atomic E-state index is 0.0495. The fourth-order valence-electron chi connectivity index (χ4n) is 5.92. The number of aromatic nitrogens is 2. The van der Waals surface area contributed by atoms with Crippen LogP contribution in [-0.4, -0.2) is 58.8 Å². The van der Waals surface area contributed by atoms with Crippen LogP contribution < -0.4 is 4.90 Å². The van der Waals surface area contributed by atoms with E-state index >= 15 is 0 Å². The number of likely N-dealkylation sites (tertiary alicyclic amines) is 1. The van der Waals surface area contributed by atoms with Crippen molar-refractivity contribution in [1.82, 2.24) is 14.9 Å². The molecule has 1 atom stereocenters. The van der Waals surface area contributed by atoms with Gasteiger partial charge >= 0.3 is 0 Å². The third kappa shape index (κ3) is 3.87. The average Bonchev–Trinajstić information content (AvgIpc) is 3.09. The fourth-order valence-corrected chi connectivity index (χ4v) is 5.92. The van der Waals surface area contributed by atoms with Crippen LogP contribution in [0.1, 0.15) is 52.4 Å². The maximum Gasteiger partial charge on any atom is 0.147 e. The predicted octanol–water partition coefficient (Wildman–Crippen LogP) is 4.27. The number of rotatable bonds is 3. The number of ether oxygens (including phenoxy) is 1. The third-order valence-electron chi connectivity index (χ3n) is 7.47. The van der Waals surface area contributed by atoms with Crippen molar-refractivity contribution in [2.45, 2.75) is 63.5 Å². The molecule has 3 saturated heterocycles. The maximum atomic E-state index is 5.95. The van der Waals surface area contributed by atoms with Crippen LogP contribution in [0.25, 0.3) is 11.0 Å². The fraction of sp³-hybridized carbons (Fsp3) is 0.667. The van der Waals surface area contributed by atoms with Gasteiger partial charge in [0.1, 0.15) is 5.82 Å². The summed E-state index contributed by atoms with van der Waals surface area (Å²) in [6.07, 6.45) is 9.56. The van der Waals surface area contributed by atoms with Gasteiger partial charge in [0.15, 0.2) is 0 Å². The highest BCUT2D eigenvalue weighted by molar-refractivity contribution is 5.75. The van der Waals surface area contributed by atoms with Crippen molar-refractivity contribution in [2.24, 2.45) is 5.92 Å². The van der Waals surface area contributed by atoms with Crippen LogP contribution >= 0.6 is 0 Å². The number of piperidine rings is 1. The molecule has 0 aliphatic carbocycles. The zero-order chi connectivity index (χ0) is 19.9. The highest BCUT2D eigenvalue weighted by Gasteiger charge is 2.44. The molecular formula is C24H34N4O. The smallest absolute Gasteiger partial charge is 0.147 e. The van der Waals surface area contributed by atoms with E-state index in [9.17, 15) is 0 Å². The number of nitrogens with zero attached hydrogens (tertiary/aromatic N) is 4. The van der Waals surface area contributed by atoms with E-state index in [0.717, 1.165) is 42.5 Å². The second-order valence-electron chi connectivity index (χ2n) is 9.94. The summed E-state index contributed by atoms with van der Waals surface area (Å²) < 4.78 is 5.95. The van der Waals surface area contributed by atoms with Crippen LogP contribution in [0, 0.1) is 5.92 Å². The van der Waals surface area contributed by atoms with Crippen LogP contribution in [0.4, 0.5) is 5.82 Å². The lowest BCUT2D eigenvalue weighted by Gasteiger charge is -2.47. The average molecular weight is 395 g/mol. The van der Waals surface area contributed by atoms with E-state index in [4.69, 9.17) is 9.72 Å². The molecule has 0 radical (unpaired) electrons. The van der Waals surface area contributed by atoms with Gasteiger partial charge in [0.2, 0.25) is 0 Å². The second kappa shape index (κ2) is 7.51. The summed E-state index contributed by atoms with van der Waals surface area (Å²) in [5.74, 6) is 1.81. The Morgan fingerprint density at radius 3 is 2.66 bits per heavy atom.